The molecule has 1 fully saturated rings. The zero-order valence-corrected chi connectivity index (χ0v) is 21.1. The summed E-state index contributed by atoms with van der Waals surface area (Å²) in [4.78, 5) is 20.8. The summed E-state index contributed by atoms with van der Waals surface area (Å²) in [6, 6.07) is 8.42. The van der Waals surface area contributed by atoms with Crippen LogP contribution in [0.3, 0.4) is 0 Å². The standard InChI is InChI=1S/C25H23BrF3N7O/c26-18-12-33-23(31)20-21(35-36(22(18)20)17-3-1-2-16(30)11-17)13-4-6-14(7-5-13)24(37)34-19-10-15(8-9-32-19)25(27,28)29/h4-10,12,16-17H,1-3,11,30H2,(H2,31,33)(H,32,34,37)/t16-,17-/m1/s1. The lowest BCUT2D eigenvalue weighted by Gasteiger charge is -2.27. The number of pyridine rings is 2. The van der Waals surface area contributed by atoms with Gasteiger partial charge in [0.05, 0.1) is 27.0 Å². The average Bonchev–Trinajstić information content (AvgIpc) is 3.28. The van der Waals surface area contributed by atoms with Crippen molar-refractivity contribution in [1.29, 1.82) is 0 Å². The molecule has 3 aromatic heterocycles. The van der Waals surface area contributed by atoms with E-state index in [0.29, 0.717) is 22.5 Å². The van der Waals surface area contributed by atoms with E-state index < -0.39 is 17.6 Å². The number of alkyl halides is 3. The fraction of sp³-hybridized carbons (Fsp3) is 0.280. The Morgan fingerprint density at radius 3 is 2.59 bits per heavy atom. The molecule has 5 N–H and O–H groups in total. The number of anilines is 2. The molecule has 2 atom stereocenters. The van der Waals surface area contributed by atoms with Gasteiger partial charge in [0.15, 0.2) is 0 Å². The van der Waals surface area contributed by atoms with Crippen LogP contribution in [0.4, 0.5) is 24.8 Å². The number of hydrogen-bond acceptors (Lipinski definition) is 6. The number of benzene rings is 1. The molecule has 1 aromatic carbocycles. The Hall–Kier alpha value is -3.51. The van der Waals surface area contributed by atoms with E-state index in [-0.39, 0.29) is 23.5 Å². The Morgan fingerprint density at radius 2 is 1.89 bits per heavy atom. The van der Waals surface area contributed by atoms with Crippen LogP contribution in [0.15, 0.2) is 53.3 Å². The van der Waals surface area contributed by atoms with Crippen LogP contribution in [0.1, 0.15) is 47.6 Å². The van der Waals surface area contributed by atoms with Gasteiger partial charge >= 0.3 is 6.18 Å². The molecule has 1 aliphatic carbocycles. The quantitative estimate of drug-likeness (QED) is 0.294. The molecule has 192 valence electrons. The highest BCUT2D eigenvalue weighted by atomic mass is 79.9. The average molecular weight is 574 g/mol. The Balaban J connectivity index is 1.46. The van der Waals surface area contributed by atoms with Crippen molar-refractivity contribution in [2.75, 3.05) is 11.1 Å². The first-order valence-electron chi connectivity index (χ1n) is 11.6. The number of nitrogen functional groups attached to an aromatic ring is 1. The van der Waals surface area contributed by atoms with Crippen LogP contribution >= 0.6 is 15.9 Å². The summed E-state index contributed by atoms with van der Waals surface area (Å²) in [5.74, 6) is -0.450. The second-order valence-electron chi connectivity index (χ2n) is 9.05. The molecule has 1 saturated carbocycles. The largest absolute Gasteiger partial charge is 0.416 e. The number of hydrogen-bond donors (Lipinski definition) is 3. The number of nitrogens with zero attached hydrogens (tertiary/aromatic N) is 4. The number of nitrogens with one attached hydrogen (secondary N) is 1. The van der Waals surface area contributed by atoms with Gasteiger partial charge in [-0.2, -0.15) is 18.3 Å². The van der Waals surface area contributed by atoms with Crippen LogP contribution in [0.5, 0.6) is 0 Å². The zero-order chi connectivity index (χ0) is 26.3. The van der Waals surface area contributed by atoms with E-state index in [1.807, 2.05) is 4.68 Å². The van der Waals surface area contributed by atoms with E-state index in [2.05, 4.69) is 31.2 Å². The summed E-state index contributed by atoms with van der Waals surface area (Å²) in [6.07, 6.45) is 1.84. The summed E-state index contributed by atoms with van der Waals surface area (Å²) in [5, 5.41) is 8.01. The highest BCUT2D eigenvalue weighted by Crippen LogP contribution is 2.39. The molecule has 3 heterocycles. The van der Waals surface area contributed by atoms with Crippen molar-refractivity contribution in [3.05, 3.63) is 64.4 Å². The Bertz CT molecular complexity index is 1470. The van der Waals surface area contributed by atoms with E-state index in [0.717, 1.165) is 54.0 Å². The molecule has 0 radical (unpaired) electrons. The zero-order valence-electron chi connectivity index (χ0n) is 19.5. The van der Waals surface area contributed by atoms with Crippen LogP contribution in [0, 0.1) is 0 Å². The molecule has 0 aliphatic heterocycles. The minimum absolute atomic E-state index is 0.100. The van der Waals surface area contributed by atoms with Gasteiger partial charge in [-0.1, -0.05) is 12.1 Å². The maximum Gasteiger partial charge on any atom is 0.416 e. The molecule has 1 amide bonds. The van der Waals surface area contributed by atoms with E-state index in [1.54, 1.807) is 30.5 Å². The lowest BCUT2D eigenvalue weighted by atomic mass is 9.91. The van der Waals surface area contributed by atoms with Crippen LogP contribution < -0.4 is 16.8 Å². The van der Waals surface area contributed by atoms with E-state index >= 15 is 0 Å². The van der Waals surface area contributed by atoms with E-state index in [4.69, 9.17) is 16.6 Å². The number of rotatable bonds is 4. The predicted molar refractivity (Wildman–Crippen MR) is 138 cm³/mol. The molecule has 0 bridgehead atoms. The lowest BCUT2D eigenvalue weighted by molar-refractivity contribution is -0.137. The monoisotopic (exact) mass is 573 g/mol. The number of nitrogens with two attached hydrogens (primary N) is 2. The summed E-state index contributed by atoms with van der Waals surface area (Å²) in [7, 11) is 0. The van der Waals surface area contributed by atoms with Crippen molar-refractivity contribution >= 4 is 44.4 Å². The number of carbonyl (C=O) groups excluding carboxylic acids is 1. The first-order valence-corrected chi connectivity index (χ1v) is 12.4. The van der Waals surface area contributed by atoms with Crippen LogP contribution in [0.2, 0.25) is 0 Å². The Kier molecular flexibility index (Phi) is 6.63. The number of halogens is 4. The summed E-state index contributed by atoms with van der Waals surface area (Å²) < 4.78 is 41.6. The van der Waals surface area contributed by atoms with Gasteiger partial charge in [-0.25, -0.2) is 9.97 Å². The normalized spacial score (nSPS) is 18.2. The van der Waals surface area contributed by atoms with Crippen molar-refractivity contribution in [1.82, 2.24) is 19.7 Å². The molecule has 8 nitrogen and oxygen atoms in total. The minimum Gasteiger partial charge on any atom is -0.383 e. The van der Waals surface area contributed by atoms with E-state index in [9.17, 15) is 18.0 Å². The second kappa shape index (κ2) is 9.75. The van der Waals surface area contributed by atoms with Gasteiger partial charge in [0.1, 0.15) is 17.3 Å². The Labute approximate surface area is 218 Å². The number of aromatic nitrogens is 4. The molecule has 1 aliphatic rings. The fourth-order valence-electron chi connectivity index (χ4n) is 4.69. The summed E-state index contributed by atoms with van der Waals surface area (Å²) in [6.45, 7) is 0. The van der Waals surface area contributed by atoms with Crippen molar-refractivity contribution < 1.29 is 18.0 Å². The third kappa shape index (κ3) is 5.03. The van der Waals surface area contributed by atoms with Crippen LogP contribution in [0.25, 0.3) is 22.2 Å². The van der Waals surface area contributed by atoms with Crippen LogP contribution in [-0.4, -0.2) is 31.7 Å². The number of amides is 1. The third-order valence-corrected chi connectivity index (χ3v) is 7.07. The summed E-state index contributed by atoms with van der Waals surface area (Å²) in [5.41, 5.74) is 14.0. The molecule has 5 rings (SSSR count). The number of carbonyl (C=O) groups is 1. The maximum absolute atomic E-state index is 13.0. The van der Waals surface area contributed by atoms with Gasteiger partial charge in [0.25, 0.3) is 5.91 Å². The topological polar surface area (TPSA) is 125 Å². The van der Waals surface area contributed by atoms with Crippen molar-refractivity contribution in [3.63, 3.8) is 0 Å². The Morgan fingerprint density at radius 1 is 1.14 bits per heavy atom. The molecular weight excluding hydrogens is 551 g/mol. The van der Waals surface area contributed by atoms with Gasteiger partial charge in [-0.3, -0.25) is 9.48 Å². The van der Waals surface area contributed by atoms with Gasteiger partial charge < -0.3 is 16.8 Å². The third-order valence-electron chi connectivity index (χ3n) is 6.49. The smallest absolute Gasteiger partial charge is 0.383 e. The number of fused-ring (bicyclic) bond motifs is 1. The molecule has 37 heavy (non-hydrogen) atoms. The predicted octanol–water partition coefficient (Wildman–Crippen LogP) is 5.55. The lowest BCUT2D eigenvalue weighted by Crippen LogP contribution is -2.29. The van der Waals surface area contributed by atoms with Gasteiger partial charge in [0, 0.05) is 29.6 Å². The first-order chi connectivity index (χ1) is 17.6. The molecule has 12 heteroatoms. The van der Waals surface area contributed by atoms with Gasteiger partial charge in [-0.15, -0.1) is 0 Å². The van der Waals surface area contributed by atoms with Crippen molar-refractivity contribution in [2.45, 2.75) is 43.9 Å². The van der Waals surface area contributed by atoms with Gasteiger partial charge in [0.2, 0.25) is 0 Å². The minimum atomic E-state index is -4.54. The van der Waals surface area contributed by atoms with Crippen molar-refractivity contribution in [3.8, 4) is 11.3 Å². The highest BCUT2D eigenvalue weighted by molar-refractivity contribution is 9.10. The SMILES string of the molecule is Nc1ncc(Br)c2c1c(-c1ccc(C(=O)Nc3cc(C(F)(F)F)ccn3)cc1)nn2[C@@H]1CCC[C@@H](N)C1. The van der Waals surface area contributed by atoms with Crippen LogP contribution in [-0.2, 0) is 6.18 Å². The summed E-state index contributed by atoms with van der Waals surface area (Å²) >= 11 is 3.59. The highest BCUT2D eigenvalue weighted by Gasteiger charge is 2.31. The van der Waals surface area contributed by atoms with E-state index in [1.165, 1.54) is 0 Å². The maximum atomic E-state index is 13.0. The van der Waals surface area contributed by atoms with Crippen molar-refractivity contribution in [2.24, 2.45) is 5.73 Å². The molecule has 0 unspecified atom stereocenters. The second-order valence-corrected chi connectivity index (χ2v) is 9.90. The fourth-order valence-corrected chi connectivity index (χ4v) is 5.17. The molecular formula is C25H23BrF3N7O. The molecule has 0 spiro atoms. The van der Waals surface area contributed by atoms with Gasteiger partial charge in [-0.05, 0) is 65.9 Å². The molecule has 4 aromatic rings. The first kappa shape index (κ1) is 25.2. The molecule has 0 saturated heterocycles.